The van der Waals surface area contributed by atoms with Crippen LogP contribution in [-0.4, -0.2) is 26.3 Å². The number of thiazole rings is 1. The van der Waals surface area contributed by atoms with Gasteiger partial charge in [0.2, 0.25) is 0 Å². The van der Waals surface area contributed by atoms with E-state index in [0.717, 1.165) is 36.0 Å². The first-order valence-corrected chi connectivity index (χ1v) is 8.44. The van der Waals surface area contributed by atoms with E-state index in [2.05, 4.69) is 28.0 Å². The molecule has 0 aromatic carbocycles. The summed E-state index contributed by atoms with van der Waals surface area (Å²) in [6, 6.07) is 4.10. The quantitative estimate of drug-likeness (QED) is 0.698. The minimum Gasteiger partial charge on any atom is -0.344 e. The van der Waals surface area contributed by atoms with Crippen LogP contribution in [-0.2, 0) is 13.6 Å². The van der Waals surface area contributed by atoms with Gasteiger partial charge >= 0.3 is 0 Å². The fourth-order valence-electron chi connectivity index (χ4n) is 2.51. The molecule has 0 aliphatic carbocycles. The molecule has 0 aliphatic heterocycles. The lowest BCUT2D eigenvalue weighted by Gasteiger charge is -2.21. The molecule has 0 radical (unpaired) electrons. The van der Waals surface area contributed by atoms with Gasteiger partial charge in [-0.2, -0.15) is 5.10 Å². The van der Waals surface area contributed by atoms with Crippen LogP contribution in [0.4, 0.5) is 5.13 Å². The number of anilines is 1. The summed E-state index contributed by atoms with van der Waals surface area (Å²) >= 11 is 1.73. The number of nitrogens with zero attached hydrogens (tertiary/aromatic N) is 5. The number of aromatic nitrogens is 4. The van der Waals surface area contributed by atoms with E-state index in [0.29, 0.717) is 0 Å². The van der Waals surface area contributed by atoms with E-state index in [1.807, 2.05) is 37.1 Å². The van der Waals surface area contributed by atoms with E-state index in [1.165, 1.54) is 16.7 Å². The van der Waals surface area contributed by atoms with Crippen LogP contribution in [0.1, 0.15) is 31.0 Å². The van der Waals surface area contributed by atoms with E-state index in [4.69, 9.17) is 4.98 Å². The molecule has 0 atom stereocenters. The van der Waals surface area contributed by atoms with E-state index < -0.39 is 0 Å². The second-order valence-electron chi connectivity index (χ2n) is 5.49. The van der Waals surface area contributed by atoms with Crippen molar-refractivity contribution in [2.45, 2.75) is 33.2 Å². The number of rotatable bonds is 6. The van der Waals surface area contributed by atoms with Gasteiger partial charge in [-0.25, -0.2) is 9.67 Å². The van der Waals surface area contributed by atoms with Crippen molar-refractivity contribution in [1.29, 1.82) is 0 Å². The Labute approximate surface area is 134 Å². The molecule has 6 heteroatoms. The Kier molecular flexibility index (Phi) is 4.38. The highest BCUT2D eigenvalue weighted by Crippen LogP contribution is 2.31. The predicted molar refractivity (Wildman–Crippen MR) is 91.3 cm³/mol. The van der Waals surface area contributed by atoms with Gasteiger partial charge in [-0.3, -0.25) is 4.98 Å². The molecule has 0 N–H and O–H groups in total. The van der Waals surface area contributed by atoms with Gasteiger partial charge in [0.25, 0.3) is 0 Å². The van der Waals surface area contributed by atoms with Crippen molar-refractivity contribution in [2.75, 3.05) is 11.4 Å². The minimum atomic E-state index is 0.847. The number of aryl methyl sites for hydroxylation is 2. The topological polar surface area (TPSA) is 46.8 Å². The molecule has 116 valence electrons. The molecule has 0 bridgehead atoms. The summed E-state index contributed by atoms with van der Waals surface area (Å²) in [5.74, 6) is 0. The lowest BCUT2D eigenvalue weighted by Crippen LogP contribution is -2.23. The van der Waals surface area contributed by atoms with Gasteiger partial charge in [0.05, 0.1) is 10.4 Å². The van der Waals surface area contributed by atoms with Crippen molar-refractivity contribution >= 4 is 26.8 Å². The number of unbranched alkanes of at least 4 members (excludes halogenated alkanes) is 1. The number of pyridine rings is 1. The van der Waals surface area contributed by atoms with Gasteiger partial charge < -0.3 is 4.90 Å². The summed E-state index contributed by atoms with van der Waals surface area (Å²) in [6.07, 6.45) is 6.08. The van der Waals surface area contributed by atoms with Crippen LogP contribution in [0.3, 0.4) is 0 Å². The van der Waals surface area contributed by atoms with Crippen LogP contribution >= 0.6 is 11.3 Å². The van der Waals surface area contributed by atoms with Crippen LogP contribution in [0.25, 0.3) is 10.3 Å². The van der Waals surface area contributed by atoms with Gasteiger partial charge in [-0.1, -0.05) is 30.7 Å². The first-order chi connectivity index (χ1) is 10.7. The molecule has 3 aromatic rings. The zero-order valence-corrected chi connectivity index (χ0v) is 14.1. The Hall–Kier alpha value is -1.95. The molecule has 3 heterocycles. The Morgan fingerprint density at radius 1 is 1.36 bits per heavy atom. The van der Waals surface area contributed by atoms with Gasteiger partial charge in [-0.15, -0.1) is 0 Å². The summed E-state index contributed by atoms with van der Waals surface area (Å²) in [7, 11) is 1.95. The summed E-state index contributed by atoms with van der Waals surface area (Å²) in [4.78, 5) is 11.4. The first-order valence-electron chi connectivity index (χ1n) is 7.63. The molecule has 0 aliphatic rings. The predicted octanol–water partition coefficient (Wildman–Crippen LogP) is 3.54. The molecule has 0 fully saturated rings. The lowest BCUT2D eigenvalue weighted by atomic mass is 10.2. The van der Waals surface area contributed by atoms with Crippen LogP contribution in [0.2, 0.25) is 0 Å². The zero-order valence-electron chi connectivity index (χ0n) is 13.3. The molecular formula is C16H21N5S. The van der Waals surface area contributed by atoms with E-state index in [9.17, 15) is 0 Å². The third-order valence-electron chi connectivity index (χ3n) is 3.68. The summed E-state index contributed by atoms with van der Waals surface area (Å²) in [5.41, 5.74) is 3.25. The molecule has 0 amide bonds. The van der Waals surface area contributed by atoms with E-state index >= 15 is 0 Å². The number of hydrogen-bond acceptors (Lipinski definition) is 5. The first kappa shape index (κ1) is 15.0. The summed E-state index contributed by atoms with van der Waals surface area (Å²) in [5, 5.41) is 5.51. The standard InChI is InChI=1S/C16H21N5S/c1-4-5-9-21(11-13-7-6-8-17-10-13)16-18-15-14(22-16)12(2)19-20(15)3/h6-8,10H,4-5,9,11H2,1-3H3. The molecule has 3 rings (SSSR count). The highest BCUT2D eigenvalue weighted by Gasteiger charge is 2.16. The van der Waals surface area contributed by atoms with Crippen molar-refractivity contribution in [3.05, 3.63) is 35.8 Å². The van der Waals surface area contributed by atoms with Crippen LogP contribution < -0.4 is 4.90 Å². The van der Waals surface area contributed by atoms with Gasteiger partial charge in [-0.05, 0) is 25.0 Å². The number of fused-ring (bicyclic) bond motifs is 1. The summed E-state index contributed by atoms with van der Waals surface area (Å²) in [6.45, 7) is 6.12. The Balaban J connectivity index is 1.91. The maximum absolute atomic E-state index is 4.81. The average molecular weight is 315 g/mol. The highest BCUT2D eigenvalue weighted by molar-refractivity contribution is 7.22. The second-order valence-corrected chi connectivity index (χ2v) is 6.47. The van der Waals surface area contributed by atoms with Gasteiger partial charge in [0, 0.05) is 32.5 Å². The Morgan fingerprint density at radius 3 is 2.91 bits per heavy atom. The molecular weight excluding hydrogens is 294 g/mol. The zero-order chi connectivity index (χ0) is 15.5. The Bertz CT molecular complexity index is 712. The van der Waals surface area contributed by atoms with Crippen LogP contribution in [0, 0.1) is 6.92 Å². The molecule has 0 saturated heterocycles. The van der Waals surface area contributed by atoms with Crippen molar-refractivity contribution in [2.24, 2.45) is 7.05 Å². The normalized spacial score (nSPS) is 11.2. The molecule has 5 nitrogen and oxygen atoms in total. The maximum atomic E-state index is 4.81. The third-order valence-corrected chi connectivity index (χ3v) is 4.90. The lowest BCUT2D eigenvalue weighted by molar-refractivity contribution is 0.711. The monoisotopic (exact) mass is 315 g/mol. The van der Waals surface area contributed by atoms with E-state index in [1.54, 1.807) is 11.3 Å². The Morgan fingerprint density at radius 2 is 2.23 bits per heavy atom. The van der Waals surface area contributed by atoms with E-state index in [-0.39, 0.29) is 0 Å². The average Bonchev–Trinajstić information content (AvgIpc) is 3.07. The van der Waals surface area contributed by atoms with Crippen molar-refractivity contribution in [3.8, 4) is 0 Å². The SMILES string of the molecule is CCCCN(Cc1cccnc1)c1nc2c(s1)c(C)nn2C. The largest absolute Gasteiger partial charge is 0.344 e. The third kappa shape index (κ3) is 2.97. The molecule has 22 heavy (non-hydrogen) atoms. The molecule has 0 spiro atoms. The van der Waals surface area contributed by atoms with Crippen molar-refractivity contribution in [1.82, 2.24) is 19.7 Å². The van der Waals surface area contributed by atoms with Gasteiger partial charge in [0.15, 0.2) is 10.8 Å². The second kappa shape index (κ2) is 6.44. The van der Waals surface area contributed by atoms with Gasteiger partial charge in [0.1, 0.15) is 0 Å². The summed E-state index contributed by atoms with van der Waals surface area (Å²) < 4.78 is 3.05. The fraction of sp³-hybridized carbons (Fsp3) is 0.438. The molecule has 0 saturated carbocycles. The minimum absolute atomic E-state index is 0.847. The number of hydrogen-bond donors (Lipinski definition) is 0. The molecule has 3 aromatic heterocycles. The van der Waals surface area contributed by atoms with Crippen molar-refractivity contribution < 1.29 is 0 Å². The maximum Gasteiger partial charge on any atom is 0.188 e. The van der Waals surface area contributed by atoms with Crippen molar-refractivity contribution in [3.63, 3.8) is 0 Å². The fourth-order valence-corrected chi connectivity index (χ4v) is 3.57. The van der Waals surface area contributed by atoms with Crippen LogP contribution in [0.15, 0.2) is 24.5 Å². The van der Waals surface area contributed by atoms with Crippen LogP contribution in [0.5, 0.6) is 0 Å². The smallest absolute Gasteiger partial charge is 0.188 e. The molecule has 0 unspecified atom stereocenters. The highest BCUT2D eigenvalue weighted by atomic mass is 32.1.